The average molecular weight is 350 g/mol. The van der Waals surface area contributed by atoms with Crippen molar-refractivity contribution in [2.24, 2.45) is 5.92 Å². The number of methoxy groups -OCH3 is 1. The first-order valence-electron chi connectivity index (χ1n) is 8.02. The molecule has 0 saturated carbocycles. The van der Waals surface area contributed by atoms with Crippen molar-refractivity contribution in [2.75, 3.05) is 31.8 Å². The molecule has 25 heavy (non-hydrogen) atoms. The third-order valence-electron chi connectivity index (χ3n) is 3.90. The standard InChI is InChI=1S/C17H22N2O6/c1-3-25-14-7-5-4-6-13(14)19-9-11(8-15(19)20)16(21)18-12(10-24-2)17(22)23/h4-7,11-12H,3,8-10H2,1-2H3,(H,18,21)(H,22,23). The number of carbonyl (C=O) groups is 3. The smallest absolute Gasteiger partial charge is 0.328 e. The molecule has 0 spiro atoms. The van der Waals surface area contributed by atoms with Gasteiger partial charge in [0.05, 0.1) is 24.8 Å². The van der Waals surface area contributed by atoms with Crippen molar-refractivity contribution < 1.29 is 29.0 Å². The highest BCUT2D eigenvalue weighted by Gasteiger charge is 2.37. The van der Waals surface area contributed by atoms with Gasteiger partial charge in [0, 0.05) is 20.1 Å². The van der Waals surface area contributed by atoms with Crippen LogP contribution in [0.4, 0.5) is 5.69 Å². The number of hydrogen-bond donors (Lipinski definition) is 2. The van der Waals surface area contributed by atoms with Gasteiger partial charge in [-0.2, -0.15) is 0 Å². The molecular weight excluding hydrogens is 328 g/mol. The number of nitrogens with zero attached hydrogens (tertiary/aromatic N) is 1. The molecule has 1 saturated heterocycles. The largest absolute Gasteiger partial charge is 0.492 e. The highest BCUT2D eigenvalue weighted by molar-refractivity contribution is 6.01. The van der Waals surface area contributed by atoms with E-state index in [2.05, 4.69) is 5.32 Å². The van der Waals surface area contributed by atoms with Crippen molar-refractivity contribution in [1.82, 2.24) is 5.32 Å². The summed E-state index contributed by atoms with van der Waals surface area (Å²) < 4.78 is 10.3. The Labute approximate surface area is 145 Å². The highest BCUT2D eigenvalue weighted by Crippen LogP contribution is 2.33. The van der Waals surface area contributed by atoms with E-state index in [0.717, 1.165) is 0 Å². The molecule has 1 aromatic rings. The molecule has 0 aliphatic carbocycles. The lowest BCUT2D eigenvalue weighted by molar-refractivity contribution is -0.143. The number of carbonyl (C=O) groups excluding carboxylic acids is 2. The van der Waals surface area contributed by atoms with E-state index in [1.54, 1.807) is 24.3 Å². The first-order chi connectivity index (χ1) is 12.0. The van der Waals surface area contributed by atoms with E-state index in [1.165, 1.54) is 12.0 Å². The number of amides is 2. The van der Waals surface area contributed by atoms with Crippen molar-refractivity contribution in [1.29, 1.82) is 0 Å². The molecule has 8 nitrogen and oxygen atoms in total. The average Bonchev–Trinajstić information content (AvgIpc) is 2.97. The number of aliphatic carboxylic acids is 1. The molecule has 2 amide bonds. The number of benzene rings is 1. The summed E-state index contributed by atoms with van der Waals surface area (Å²) in [5, 5.41) is 11.5. The van der Waals surface area contributed by atoms with Crippen LogP contribution in [0.15, 0.2) is 24.3 Å². The van der Waals surface area contributed by atoms with Crippen LogP contribution in [-0.4, -0.2) is 55.8 Å². The zero-order chi connectivity index (χ0) is 18.4. The Hall–Kier alpha value is -2.61. The minimum Gasteiger partial charge on any atom is -0.492 e. The van der Waals surface area contributed by atoms with Crippen LogP contribution in [0.1, 0.15) is 13.3 Å². The van der Waals surface area contributed by atoms with Crippen LogP contribution in [-0.2, 0) is 19.1 Å². The maximum Gasteiger partial charge on any atom is 0.328 e. The summed E-state index contributed by atoms with van der Waals surface area (Å²) in [4.78, 5) is 37.3. The van der Waals surface area contributed by atoms with Gasteiger partial charge in [-0.3, -0.25) is 9.59 Å². The van der Waals surface area contributed by atoms with Crippen LogP contribution in [0.2, 0.25) is 0 Å². The number of ether oxygens (including phenoxy) is 2. The molecule has 0 radical (unpaired) electrons. The van der Waals surface area contributed by atoms with Gasteiger partial charge in [-0.15, -0.1) is 0 Å². The summed E-state index contributed by atoms with van der Waals surface area (Å²) in [7, 11) is 1.35. The van der Waals surface area contributed by atoms with Crippen LogP contribution in [0.5, 0.6) is 5.75 Å². The molecule has 1 aliphatic heterocycles. The van der Waals surface area contributed by atoms with E-state index in [9.17, 15) is 14.4 Å². The zero-order valence-corrected chi connectivity index (χ0v) is 14.2. The van der Waals surface area contributed by atoms with Gasteiger partial charge in [0.2, 0.25) is 11.8 Å². The summed E-state index contributed by atoms with van der Waals surface area (Å²) in [5.74, 6) is -1.92. The van der Waals surface area contributed by atoms with Gasteiger partial charge in [0.25, 0.3) is 0 Å². The number of nitrogens with one attached hydrogen (secondary N) is 1. The van der Waals surface area contributed by atoms with Crippen LogP contribution in [0.3, 0.4) is 0 Å². The second-order valence-corrected chi connectivity index (χ2v) is 5.66. The summed E-state index contributed by atoms with van der Waals surface area (Å²) in [5.41, 5.74) is 0.608. The molecule has 8 heteroatoms. The van der Waals surface area contributed by atoms with Crippen LogP contribution in [0, 0.1) is 5.92 Å². The first-order valence-corrected chi connectivity index (χ1v) is 8.02. The number of carboxylic acids is 1. The topological polar surface area (TPSA) is 105 Å². The van der Waals surface area contributed by atoms with Crippen molar-refractivity contribution in [3.05, 3.63) is 24.3 Å². The minimum absolute atomic E-state index is 0.0195. The van der Waals surface area contributed by atoms with Crippen molar-refractivity contribution >= 4 is 23.5 Å². The Morgan fingerprint density at radius 2 is 2.12 bits per heavy atom. The monoisotopic (exact) mass is 350 g/mol. The first kappa shape index (κ1) is 18.7. The fraction of sp³-hybridized carbons (Fsp3) is 0.471. The maximum atomic E-state index is 12.3. The zero-order valence-electron chi connectivity index (χ0n) is 14.2. The van der Waals surface area contributed by atoms with Crippen molar-refractivity contribution in [3.8, 4) is 5.75 Å². The lowest BCUT2D eigenvalue weighted by atomic mass is 10.1. The fourth-order valence-corrected chi connectivity index (χ4v) is 2.70. The number of hydrogen-bond acceptors (Lipinski definition) is 5. The molecule has 1 aromatic carbocycles. The Balaban J connectivity index is 2.09. The molecule has 2 rings (SSSR count). The van der Waals surface area contributed by atoms with Gasteiger partial charge in [-0.25, -0.2) is 4.79 Å². The summed E-state index contributed by atoms with van der Waals surface area (Å²) in [6, 6.07) is 5.98. The van der Waals surface area contributed by atoms with Gasteiger partial charge >= 0.3 is 5.97 Å². The molecule has 1 fully saturated rings. The van der Waals surface area contributed by atoms with E-state index < -0.39 is 23.8 Å². The number of rotatable bonds is 8. The predicted molar refractivity (Wildman–Crippen MR) is 89.5 cm³/mol. The molecule has 136 valence electrons. The van der Waals surface area contributed by atoms with Crippen molar-refractivity contribution in [3.63, 3.8) is 0 Å². The van der Waals surface area contributed by atoms with E-state index >= 15 is 0 Å². The van der Waals surface area contributed by atoms with Gasteiger partial charge in [0.15, 0.2) is 6.04 Å². The molecule has 0 aromatic heterocycles. The van der Waals surface area contributed by atoms with Gasteiger partial charge in [-0.05, 0) is 19.1 Å². The molecular formula is C17H22N2O6. The number of para-hydroxylation sites is 2. The Morgan fingerprint density at radius 3 is 2.76 bits per heavy atom. The van der Waals surface area contributed by atoms with Gasteiger partial charge in [0.1, 0.15) is 5.75 Å². The van der Waals surface area contributed by atoms with E-state index in [-0.39, 0.29) is 25.5 Å². The second-order valence-electron chi connectivity index (χ2n) is 5.66. The Morgan fingerprint density at radius 1 is 1.40 bits per heavy atom. The molecule has 0 bridgehead atoms. The lowest BCUT2D eigenvalue weighted by Gasteiger charge is -2.20. The summed E-state index contributed by atoms with van der Waals surface area (Å²) >= 11 is 0. The molecule has 1 heterocycles. The summed E-state index contributed by atoms with van der Waals surface area (Å²) in [6.07, 6.45) is 0.0195. The van der Waals surface area contributed by atoms with Gasteiger partial charge in [-0.1, -0.05) is 12.1 Å². The van der Waals surface area contributed by atoms with Crippen molar-refractivity contribution in [2.45, 2.75) is 19.4 Å². The van der Waals surface area contributed by atoms with E-state index in [0.29, 0.717) is 18.0 Å². The molecule has 2 unspecified atom stereocenters. The molecule has 1 aliphatic rings. The van der Waals surface area contributed by atoms with Crippen LogP contribution < -0.4 is 15.0 Å². The third kappa shape index (κ3) is 4.48. The fourth-order valence-electron chi connectivity index (χ4n) is 2.70. The Kier molecular flexibility index (Phi) is 6.35. The minimum atomic E-state index is -1.18. The maximum absolute atomic E-state index is 12.3. The molecule has 2 atom stereocenters. The Bertz CT molecular complexity index is 648. The van der Waals surface area contributed by atoms with Gasteiger partial charge < -0.3 is 24.8 Å². The lowest BCUT2D eigenvalue weighted by Crippen LogP contribution is -2.46. The quantitative estimate of drug-likeness (QED) is 0.713. The van der Waals surface area contributed by atoms with Crippen LogP contribution >= 0.6 is 0 Å². The van der Waals surface area contributed by atoms with E-state index in [4.69, 9.17) is 14.6 Å². The molecule has 2 N–H and O–H groups in total. The normalized spacial score (nSPS) is 18.1. The van der Waals surface area contributed by atoms with E-state index in [1.807, 2.05) is 6.92 Å². The second kappa shape index (κ2) is 8.48. The predicted octanol–water partition coefficient (Wildman–Crippen LogP) is 0.654. The summed E-state index contributed by atoms with van der Waals surface area (Å²) in [6.45, 7) is 2.34. The van der Waals surface area contributed by atoms with Crippen LogP contribution in [0.25, 0.3) is 0 Å². The number of carboxylic acid groups (broad SMARTS) is 1. The SMILES string of the molecule is CCOc1ccccc1N1CC(C(=O)NC(COC)C(=O)O)CC1=O. The number of anilines is 1. The highest BCUT2D eigenvalue weighted by atomic mass is 16.5. The third-order valence-corrected chi connectivity index (χ3v) is 3.90.